The first kappa shape index (κ1) is 18.5. The molecule has 1 fully saturated rings. The summed E-state index contributed by atoms with van der Waals surface area (Å²) in [5.41, 5.74) is 1.73. The van der Waals surface area contributed by atoms with E-state index < -0.39 is 11.9 Å². The summed E-state index contributed by atoms with van der Waals surface area (Å²) in [5, 5.41) is 1.20. The number of hydrogen-bond acceptors (Lipinski definition) is 2. The number of likely N-dealkylation sites (tertiary alicyclic amines) is 1. The molecule has 0 bridgehead atoms. The summed E-state index contributed by atoms with van der Waals surface area (Å²) in [6.45, 7) is 2.59. The summed E-state index contributed by atoms with van der Waals surface area (Å²) in [5.74, 6) is 0.100. The van der Waals surface area contributed by atoms with Gasteiger partial charge >= 0.3 is 6.18 Å². The van der Waals surface area contributed by atoms with Crippen LogP contribution in [0.5, 0.6) is 0 Å². The molecule has 146 valence electrons. The Labute approximate surface area is 160 Å². The summed E-state index contributed by atoms with van der Waals surface area (Å²) in [6, 6.07) is 10.2. The molecule has 3 aromatic rings. The van der Waals surface area contributed by atoms with Crippen LogP contribution in [0, 0.1) is 6.92 Å². The standard InChI is InChI=1S/C21H20F3N3O/c1-13-15(6-7-19(26-13)21(22,23)24)20(28)27-10-8-14(9-11-27)17-12-25-18-5-3-2-4-16(17)18/h2-7,12,14,25H,8-11H2,1H3. The first-order valence-corrected chi connectivity index (χ1v) is 9.24. The molecule has 0 spiro atoms. The average molecular weight is 387 g/mol. The van der Waals surface area contributed by atoms with Crippen LogP contribution in [-0.2, 0) is 6.18 Å². The Hall–Kier alpha value is -2.83. The van der Waals surface area contributed by atoms with Crippen LogP contribution in [0.2, 0.25) is 0 Å². The van der Waals surface area contributed by atoms with E-state index >= 15 is 0 Å². The predicted octanol–water partition coefficient (Wildman–Crippen LogP) is 4.91. The lowest BCUT2D eigenvalue weighted by Crippen LogP contribution is -2.38. The zero-order valence-electron chi connectivity index (χ0n) is 15.4. The number of pyridine rings is 1. The molecule has 1 N–H and O–H groups in total. The Kier molecular flexibility index (Phi) is 4.61. The van der Waals surface area contributed by atoms with Crippen LogP contribution < -0.4 is 0 Å². The van der Waals surface area contributed by atoms with E-state index in [0.29, 0.717) is 19.0 Å². The maximum atomic E-state index is 12.8. The van der Waals surface area contributed by atoms with Crippen molar-refractivity contribution in [1.29, 1.82) is 0 Å². The third kappa shape index (κ3) is 3.37. The van der Waals surface area contributed by atoms with Gasteiger partial charge in [-0.05, 0) is 49.4 Å². The van der Waals surface area contributed by atoms with E-state index in [-0.39, 0.29) is 17.2 Å². The normalized spacial score (nSPS) is 15.9. The Balaban J connectivity index is 1.47. The first-order chi connectivity index (χ1) is 13.3. The highest BCUT2D eigenvalue weighted by Crippen LogP contribution is 2.34. The van der Waals surface area contributed by atoms with E-state index in [0.717, 1.165) is 24.4 Å². The zero-order valence-corrected chi connectivity index (χ0v) is 15.4. The van der Waals surface area contributed by atoms with Crippen LogP contribution in [-0.4, -0.2) is 33.9 Å². The summed E-state index contributed by atoms with van der Waals surface area (Å²) in [6.07, 6.45) is -0.831. The Morgan fingerprint density at radius 2 is 1.86 bits per heavy atom. The van der Waals surface area contributed by atoms with Crippen LogP contribution in [0.1, 0.15) is 46.1 Å². The van der Waals surface area contributed by atoms with Crippen LogP contribution in [0.25, 0.3) is 10.9 Å². The SMILES string of the molecule is Cc1nc(C(F)(F)F)ccc1C(=O)N1CCC(c2c[nH]c3ccccc23)CC1. The maximum absolute atomic E-state index is 12.8. The molecule has 1 aliphatic heterocycles. The van der Waals surface area contributed by atoms with Crippen LogP contribution in [0.4, 0.5) is 13.2 Å². The number of aryl methyl sites for hydroxylation is 1. The van der Waals surface area contributed by atoms with Gasteiger partial charge in [0, 0.05) is 30.2 Å². The van der Waals surface area contributed by atoms with Gasteiger partial charge in [0.2, 0.25) is 0 Å². The molecule has 0 atom stereocenters. The van der Waals surface area contributed by atoms with Gasteiger partial charge in [0.05, 0.1) is 11.3 Å². The number of carbonyl (C=O) groups is 1. The molecule has 0 aliphatic carbocycles. The number of nitrogens with zero attached hydrogens (tertiary/aromatic N) is 2. The van der Waals surface area contributed by atoms with E-state index in [2.05, 4.69) is 16.0 Å². The van der Waals surface area contributed by atoms with Crippen molar-refractivity contribution in [3.8, 4) is 0 Å². The van der Waals surface area contributed by atoms with Gasteiger partial charge in [-0.25, -0.2) is 4.98 Å². The number of amides is 1. The van der Waals surface area contributed by atoms with Crippen molar-refractivity contribution in [2.75, 3.05) is 13.1 Å². The lowest BCUT2D eigenvalue weighted by Gasteiger charge is -2.32. The molecule has 1 amide bonds. The summed E-state index contributed by atoms with van der Waals surface area (Å²) in [4.78, 5) is 21.4. The highest BCUT2D eigenvalue weighted by molar-refractivity contribution is 5.95. The van der Waals surface area contributed by atoms with E-state index in [1.807, 2.05) is 24.4 Å². The first-order valence-electron chi connectivity index (χ1n) is 9.24. The number of fused-ring (bicyclic) bond motifs is 1. The van der Waals surface area contributed by atoms with E-state index in [9.17, 15) is 18.0 Å². The lowest BCUT2D eigenvalue weighted by molar-refractivity contribution is -0.141. The summed E-state index contributed by atoms with van der Waals surface area (Å²) < 4.78 is 38.4. The number of alkyl halides is 3. The van der Waals surface area contributed by atoms with E-state index in [4.69, 9.17) is 0 Å². The number of aromatic amines is 1. The van der Waals surface area contributed by atoms with E-state index in [1.54, 1.807) is 4.90 Å². The number of carbonyl (C=O) groups excluding carboxylic acids is 1. The monoisotopic (exact) mass is 387 g/mol. The van der Waals surface area contributed by atoms with Gasteiger partial charge in [0.1, 0.15) is 5.69 Å². The van der Waals surface area contributed by atoms with Crippen molar-refractivity contribution in [2.24, 2.45) is 0 Å². The van der Waals surface area contributed by atoms with Gasteiger partial charge < -0.3 is 9.88 Å². The molecule has 1 aromatic carbocycles. The van der Waals surface area contributed by atoms with Gasteiger partial charge in [-0.1, -0.05) is 18.2 Å². The van der Waals surface area contributed by atoms with Crippen molar-refractivity contribution in [3.63, 3.8) is 0 Å². The van der Waals surface area contributed by atoms with Gasteiger partial charge in [-0.15, -0.1) is 0 Å². The minimum Gasteiger partial charge on any atom is -0.361 e. The highest BCUT2D eigenvalue weighted by atomic mass is 19.4. The number of hydrogen-bond donors (Lipinski definition) is 1. The van der Waals surface area contributed by atoms with Gasteiger partial charge in [-0.3, -0.25) is 4.79 Å². The van der Waals surface area contributed by atoms with Crippen molar-refractivity contribution in [2.45, 2.75) is 31.9 Å². The molecule has 1 saturated heterocycles. The van der Waals surface area contributed by atoms with Gasteiger partial charge in [-0.2, -0.15) is 13.2 Å². The second kappa shape index (κ2) is 6.96. The quantitative estimate of drug-likeness (QED) is 0.679. The number of H-pyrrole nitrogens is 1. The number of halogens is 3. The fourth-order valence-corrected chi connectivity index (χ4v) is 3.94. The number of benzene rings is 1. The molecular formula is C21H20F3N3O. The molecule has 4 rings (SSSR count). The van der Waals surface area contributed by atoms with Crippen molar-refractivity contribution < 1.29 is 18.0 Å². The Morgan fingerprint density at radius 3 is 2.54 bits per heavy atom. The lowest BCUT2D eigenvalue weighted by atomic mass is 9.89. The van der Waals surface area contributed by atoms with Crippen LogP contribution in [0.15, 0.2) is 42.6 Å². The average Bonchev–Trinajstić information content (AvgIpc) is 3.11. The fraction of sp³-hybridized carbons (Fsp3) is 0.333. The number of aromatic nitrogens is 2. The molecule has 28 heavy (non-hydrogen) atoms. The van der Waals surface area contributed by atoms with Gasteiger partial charge in [0.25, 0.3) is 5.91 Å². The van der Waals surface area contributed by atoms with Crippen molar-refractivity contribution >= 4 is 16.8 Å². The molecule has 1 aliphatic rings. The summed E-state index contributed by atoms with van der Waals surface area (Å²) >= 11 is 0. The number of piperidine rings is 1. The second-order valence-electron chi connectivity index (χ2n) is 7.18. The van der Waals surface area contributed by atoms with Crippen molar-refractivity contribution in [1.82, 2.24) is 14.9 Å². The number of rotatable bonds is 2. The zero-order chi connectivity index (χ0) is 19.9. The topological polar surface area (TPSA) is 49.0 Å². The predicted molar refractivity (Wildman–Crippen MR) is 100 cm³/mol. The highest BCUT2D eigenvalue weighted by Gasteiger charge is 2.34. The molecule has 4 nitrogen and oxygen atoms in total. The Morgan fingerprint density at radius 1 is 1.14 bits per heavy atom. The third-order valence-electron chi connectivity index (χ3n) is 5.45. The molecular weight excluding hydrogens is 367 g/mol. The molecule has 7 heteroatoms. The smallest absolute Gasteiger partial charge is 0.361 e. The van der Waals surface area contributed by atoms with Gasteiger partial charge in [0.15, 0.2) is 0 Å². The molecule has 3 heterocycles. The minimum atomic E-state index is -4.51. The largest absolute Gasteiger partial charge is 0.433 e. The number of para-hydroxylation sites is 1. The summed E-state index contributed by atoms with van der Waals surface area (Å²) in [7, 11) is 0. The number of nitrogens with one attached hydrogen (secondary N) is 1. The molecule has 0 radical (unpaired) electrons. The van der Waals surface area contributed by atoms with Crippen molar-refractivity contribution in [3.05, 3.63) is 65.1 Å². The fourth-order valence-electron chi connectivity index (χ4n) is 3.94. The third-order valence-corrected chi connectivity index (χ3v) is 5.45. The minimum absolute atomic E-state index is 0.110. The van der Waals surface area contributed by atoms with Crippen LogP contribution >= 0.6 is 0 Å². The molecule has 0 saturated carbocycles. The molecule has 2 aromatic heterocycles. The molecule has 0 unspecified atom stereocenters. The maximum Gasteiger partial charge on any atom is 0.433 e. The van der Waals surface area contributed by atoms with Crippen LogP contribution in [0.3, 0.4) is 0 Å². The second-order valence-corrected chi connectivity index (χ2v) is 7.18. The Bertz CT molecular complexity index is 1020. The van der Waals surface area contributed by atoms with E-state index in [1.165, 1.54) is 23.9 Å².